The summed E-state index contributed by atoms with van der Waals surface area (Å²) in [5.74, 6) is 0.180. The Labute approximate surface area is 85.6 Å². The maximum Gasteiger partial charge on any atom is 0.237 e. The van der Waals surface area contributed by atoms with Crippen LogP contribution in [0.3, 0.4) is 0 Å². The molecule has 0 unspecified atom stereocenters. The zero-order valence-corrected chi connectivity index (χ0v) is 9.48. The first-order valence-electron chi connectivity index (χ1n) is 5.41. The van der Waals surface area contributed by atoms with Crippen LogP contribution in [0.15, 0.2) is 0 Å². The van der Waals surface area contributed by atoms with E-state index in [-0.39, 0.29) is 22.8 Å². The molecular weight excluding hydrogens is 176 g/mol. The van der Waals surface area contributed by atoms with E-state index < -0.39 is 0 Å². The van der Waals surface area contributed by atoms with Crippen molar-refractivity contribution in [1.82, 2.24) is 10.6 Å². The van der Waals surface area contributed by atoms with E-state index in [1.165, 1.54) is 0 Å². The van der Waals surface area contributed by atoms with Gasteiger partial charge in [0, 0.05) is 6.04 Å². The van der Waals surface area contributed by atoms with Gasteiger partial charge in [0.2, 0.25) is 5.91 Å². The summed E-state index contributed by atoms with van der Waals surface area (Å²) in [7, 11) is 0. The summed E-state index contributed by atoms with van der Waals surface area (Å²) in [5, 5.41) is 6.26. The van der Waals surface area contributed by atoms with E-state index in [0.717, 1.165) is 13.0 Å². The Morgan fingerprint density at radius 2 is 1.79 bits per heavy atom. The van der Waals surface area contributed by atoms with Crippen LogP contribution in [0.2, 0.25) is 0 Å². The van der Waals surface area contributed by atoms with E-state index in [4.69, 9.17) is 0 Å². The van der Waals surface area contributed by atoms with Crippen molar-refractivity contribution in [1.29, 1.82) is 0 Å². The van der Waals surface area contributed by atoms with Crippen LogP contribution in [-0.2, 0) is 4.79 Å². The highest BCUT2D eigenvalue weighted by Crippen LogP contribution is 2.62. The molecule has 14 heavy (non-hydrogen) atoms. The lowest BCUT2D eigenvalue weighted by atomic mass is 10.0. The van der Waals surface area contributed by atoms with E-state index >= 15 is 0 Å². The third-order valence-electron chi connectivity index (χ3n) is 4.45. The molecule has 1 aliphatic carbocycles. The number of carbonyl (C=O) groups is 1. The minimum Gasteiger partial charge on any atom is -0.351 e. The maximum absolute atomic E-state index is 11.7. The molecule has 1 heterocycles. The molecule has 1 saturated heterocycles. The van der Waals surface area contributed by atoms with Gasteiger partial charge in [-0.05, 0) is 23.8 Å². The molecule has 0 aromatic rings. The van der Waals surface area contributed by atoms with E-state index in [2.05, 4.69) is 38.3 Å². The average Bonchev–Trinajstić information content (AvgIpc) is 2.28. The standard InChI is InChI=1S/C11H20N2O/c1-10(2)9(11(10,3)4)13-8(14)7-5-6-12-7/h7,9,12H,5-6H2,1-4H3,(H,13,14)/t7-/m1/s1. The number of nitrogens with one attached hydrogen (secondary N) is 2. The predicted molar refractivity (Wildman–Crippen MR) is 55.9 cm³/mol. The Morgan fingerprint density at radius 3 is 2.07 bits per heavy atom. The van der Waals surface area contributed by atoms with Gasteiger partial charge >= 0.3 is 0 Å². The third kappa shape index (κ3) is 1.18. The normalized spacial score (nSPS) is 33.3. The summed E-state index contributed by atoms with van der Waals surface area (Å²) in [5.41, 5.74) is 0.485. The first kappa shape index (κ1) is 9.97. The van der Waals surface area contributed by atoms with E-state index in [1.54, 1.807) is 0 Å². The van der Waals surface area contributed by atoms with Gasteiger partial charge in [0.25, 0.3) is 0 Å². The molecule has 2 aliphatic rings. The second-order valence-electron chi connectivity index (χ2n) is 5.68. The second-order valence-corrected chi connectivity index (χ2v) is 5.68. The number of rotatable bonds is 2. The largest absolute Gasteiger partial charge is 0.351 e. The van der Waals surface area contributed by atoms with E-state index in [1.807, 2.05) is 0 Å². The van der Waals surface area contributed by atoms with Crippen LogP contribution < -0.4 is 10.6 Å². The molecule has 1 amide bonds. The van der Waals surface area contributed by atoms with Crippen molar-refractivity contribution in [2.75, 3.05) is 6.54 Å². The Kier molecular flexibility index (Phi) is 1.94. The van der Waals surface area contributed by atoms with Crippen LogP contribution in [0.1, 0.15) is 34.1 Å². The fourth-order valence-electron chi connectivity index (χ4n) is 2.31. The topological polar surface area (TPSA) is 41.1 Å². The Bertz CT molecular complexity index is 252. The summed E-state index contributed by atoms with van der Waals surface area (Å²) in [6.45, 7) is 9.84. The van der Waals surface area contributed by atoms with E-state index in [0.29, 0.717) is 6.04 Å². The minimum atomic E-state index is 0.0715. The number of carbonyl (C=O) groups excluding carboxylic acids is 1. The van der Waals surface area contributed by atoms with E-state index in [9.17, 15) is 4.79 Å². The molecule has 3 nitrogen and oxygen atoms in total. The monoisotopic (exact) mass is 196 g/mol. The number of amides is 1. The van der Waals surface area contributed by atoms with Gasteiger partial charge in [0.1, 0.15) is 0 Å². The Hall–Kier alpha value is -0.570. The van der Waals surface area contributed by atoms with Gasteiger partial charge in [-0.1, -0.05) is 27.7 Å². The highest BCUT2D eigenvalue weighted by Gasteiger charge is 2.65. The van der Waals surface area contributed by atoms with Crippen LogP contribution in [-0.4, -0.2) is 24.5 Å². The van der Waals surface area contributed by atoms with Gasteiger partial charge in [0.15, 0.2) is 0 Å². The molecule has 0 bridgehead atoms. The molecule has 0 aromatic carbocycles. The Balaban J connectivity index is 1.91. The zero-order valence-electron chi connectivity index (χ0n) is 9.48. The van der Waals surface area contributed by atoms with Crippen molar-refractivity contribution in [2.24, 2.45) is 10.8 Å². The van der Waals surface area contributed by atoms with Crippen molar-refractivity contribution < 1.29 is 4.79 Å². The van der Waals surface area contributed by atoms with Crippen LogP contribution in [0, 0.1) is 10.8 Å². The summed E-state index contributed by atoms with van der Waals surface area (Å²) in [6.07, 6.45) is 0.986. The van der Waals surface area contributed by atoms with Crippen molar-refractivity contribution in [3.8, 4) is 0 Å². The molecular formula is C11H20N2O. The zero-order chi connectivity index (χ0) is 10.6. The van der Waals surface area contributed by atoms with Crippen molar-refractivity contribution in [3.05, 3.63) is 0 Å². The maximum atomic E-state index is 11.7. The molecule has 0 spiro atoms. The summed E-state index contributed by atoms with van der Waals surface area (Å²) in [4.78, 5) is 11.7. The first-order valence-corrected chi connectivity index (χ1v) is 5.41. The van der Waals surface area contributed by atoms with Crippen LogP contribution in [0.5, 0.6) is 0 Å². The molecule has 1 saturated carbocycles. The molecule has 2 rings (SSSR count). The lowest BCUT2D eigenvalue weighted by molar-refractivity contribution is -0.125. The first-order chi connectivity index (χ1) is 6.37. The van der Waals surface area contributed by atoms with Crippen molar-refractivity contribution in [2.45, 2.75) is 46.2 Å². The van der Waals surface area contributed by atoms with Crippen LogP contribution in [0.25, 0.3) is 0 Å². The van der Waals surface area contributed by atoms with Crippen molar-refractivity contribution in [3.63, 3.8) is 0 Å². The molecule has 80 valence electrons. The van der Waals surface area contributed by atoms with Crippen molar-refractivity contribution >= 4 is 5.91 Å². The molecule has 1 aliphatic heterocycles. The fraction of sp³-hybridized carbons (Fsp3) is 0.909. The second kappa shape index (κ2) is 2.72. The fourth-order valence-corrected chi connectivity index (χ4v) is 2.31. The van der Waals surface area contributed by atoms with Gasteiger partial charge in [-0.25, -0.2) is 0 Å². The lowest BCUT2D eigenvalue weighted by Crippen LogP contribution is -2.54. The molecule has 0 radical (unpaired) electrons. The van der Waals surface area contributed by atoms with Gasteiger partial charge in [-0.2, -0.15) is 0 Å². The Morgan fingerprint density at radius 1 is 1.29 bits per heavy atom. The summed E-state index contributed by atoms with van der Waals surface area (Å²) in [6, 6.07) is 0.409. The smallest absolute Gasteiger partial charge is 0.237 e. The highest BCUT2D eigenvalue weighted by atomic mass is 16.2. The third-order valence-corrected chi connectivity index (χ3v) is 4.45. The molecule has 2 fully saturated rings. The van der Waals surface area contributed by atoms with Gasteiger partial charge < -0.3 is 10.6 Å². The molecule has 1 atom stereocenters. The van der Waals surface area contributed by atoms with Crippen LogP contribution in [0.4, 0.5) is 0 Å². The SMILES string of the molecule is CC1(C)C(NC(=O)[C@H]2CCN2)C1(C)C. The van der Waals surface area contributed by atoms with Gasteiger partial charge in [-0.15, -0.1) is 0 Å². The summed E-state index contributed by atoms with van der Waals surface area (Å²) >= 11 is 0. The van der Waals surface area contributed by atoms with Gasteiger partial charge in [0.05, 0.1) is 6.04 Å². The lowest BCUT2D eigenvalue weighted by Gasteiger charge is -2.26. The highest BCUT2D eigenvalue weighted by molar-refractivity contribution is 5.83. The molecule has 3 heteroatoms. The molecule has 2 N–H and O–H groups in total. The minimum absolute atomic E-state index is 0.0715. The van der Waals surface area contributed by atoms with Gasteiger partial charge in [-0.3, -0.25) is 4.79 Å². The number of hydrogen-bond acceptors (Lipinski definition) is 2. The molecule has 0 aromatic heterocycles. The van der Waals surface area contributed by atoms with Crippen LogP contribution >= 0.6 is 0 Å². The summed E-state index contributed by atoms with van der Waals surface area (Å²) < 4.78 is 0. The number of hydrogen-bond donors (Lipinski definition) is 2. The average molecular weight is 196 g/mol. The predicted octanol–water partition coefficient (Wildman–Crippen LogP) is 0.899. The quantitative estimate of drug-likeness (QED) is 0.689.